The van der Waals surface area contributed by atoms with Crippen LogP contribution in [-0.2, 0) is 6.54 Å². The average Bonchev–Trinajstić information content (AvgIpc) is 2.42. The fourth-order valence-corrected chi connectivity index (χ4v) is 3.27. The zero-order chi connectivity index (χ0) is 13.7. The van der Waals surface area contributed by atoms with Gasteiger partial charge in [0.15, 0.2) is 0 Å². The van der Waals surface area contributed by atoms with Gasteiger partial charge in [0.2, 0.25) is 0 Å². The monoisotopic (exact) mass is 419 g/mol. The van der Waals surface area contributed by atoms with Gasteiger partial charge in [-0.2, -0.15) is 0 Å². The lowest BCUT2D eigenvalue weighted by Gasteiger charge is -2.12. The molecule has 0 fully saturated rings. The maximum absolute atomic E-state index is 5.57. The third-order valence-corrected chi connectivity index (χ3v) is 3.80. The summed E-state index contributed by atoms with van der Waals surface area (Å²) in [6.45, 7) is 3.40. The second-order valence-corrected chi connectivity index (χ2v) is 5.75. The van der Waals surface area contributed by atoms with E-state index in [1.54, 1.807) is 0 Å². The van der Waals surface area contributed by atoms with E-state index in [0.717, 1.165) is 26.9 Å². The number of hydrogen-bond acceptors (Lipinski definition) is 2. The molecule has 0 saturated carbocycles. The maximum atomic E-state index is 5.57. The molecule has 0 bridgehead atoms. The second kappa shape index (κ2) is 8.55. The van der Waals surface area contributed by atoms with Crippen LogP contribution in [0.2, 0.25) is 0 Å². The van der Waals surface area contributed by atoms with Gasteiger partial charge < -0.3 is 10.1 Å². The van der Waals surface area contributed by atoms with Gasteiger partial charge >= 0.3 is 0 Å². The number of para-hydroxylation sites is 1. The molecule has 0 aliphatic carbocycles. The minimum absolute atomic E-state index is 0. The summed E-state index contributed by atoms with van der Waals surface area (Å²) in [6.07, 6.45) is 0. The molecule has 0 spiro atoms. The number of hydrogen-bond donors (Lipinski definition) is 1. The Morgan fingerprint density at radius 3 is 2.20 bits per heavy atom. The molecule has 5 heteroatoms. The molecule has 0 radical (unpaired) electrons. The van der Waals surface area contributed by atoms with E-state index < -0.39 is 0 Å². The molecule has 0 amide bonds. The first kappa shape index (κ1) is 17.3. The number of benzene rings is 2. The predicted octanol–water partition coefficient (Wildman–Crippen LogP) is 5.64. The summed E-state index contributed by atoms with van der Waals surface area (Å²) in [5.74, 6) is 0.853. The van der Waals surface area contributed by atoms with Crippen LogP contribution in [0.25, 0.3) is 0 Å². The molecule has 2 nitrogen and oxygen atoms in total. The molecular formula is C15H16Br2ClNO. The standard InChI is InChI=1S/C15H15Br2NO.ClH/c1-2-19-15-13(16)8-11(9-14(15)17)10-18-12-6-4-3-5-7-12;/h3-9,18H,2,10H2,1H3;1H. The van der Waals surface area contributed by atoms with Crippen molar-refractivity contribution in [2.45, 2.75) is 13.5 Å². The van der Waals surface area contributed by atoms with Crippen LogP contribution in [-0.4, -0.2) is 6.61 Å². The van der Waals surface area contributed by atoms with Crippen LogP contribution >= 0.6 is 44.3 Å². The predicted molar refractivity (Wildman–Crippen MR) is 94.0 cm³/mol. The molecular weight excluding hydrogens is 405 g/mol. The molecule has 108 valence electrons. The van der Waals surface area contributed by atoms with E-state index in [0.29, 0.717) is 6.61 Å². The summed E-state index contributed by atoms with van der Waals surface area (Å²) < 4.78 is 7.50. The fourth-order valence-electron chi connectivity index (χ4n) is 1.76. The molecule has 1 N–H and O–H groups in total. The highest BCUT2D eigenvalue weighted by Gasteiger charge is 2.08. The third-order valence-electron chi connectivity index (χ3n) is 2.62. The Balaban J connectivity index is 0.00000200. The molecule has 0 aliphatic rings. The minimum atomic E-state index is 0. The van der Waals surface area contributed by atoms with Crippen molar-refractivity contribution in [2.24, 2.45) is 0 Å². The Hall–Kier alpha value is -0.710. The van der Waals surface area contributed by atoms with Crippen molar-refractivity contribution in [1.29, 1.82) is 0 Å². The molecule has 0 saturated heterocycles. The van der Waals surface area contributed by atoms with E-state index in [1.165, 1.54) is 5.56 Å². The highest BCUT2D eigenvalue weighted by Crippen LogP contribution is 2.34. The van der Waals surface area contributed by atoms with Crippen LogP contribution < -0.4 is 10.1 Å². The van der Waals surface area contributed by atoms with Crippen molar-refractivity contribution in [3.8, 4) is 5.75 Å². The third kappa shape index (κ3) is 4.69. The Morgan fingerprint density at radius 2 is 1.65 bits per heavy atom. The highest BCUT2D eigenvalue weighted by molar-refractivity contribution is 9.11. The van der Waals surface area contributed by atoms with E-state index in [9.17, 15) is 0 Å². The molecule has 0 unspecified atom stereocenters. The van der Waals surface area contributed by atoms with E-state index in [1.807, 2.05) is 25.1 Å². The number of halogens is 3. The lowest BCUT2D eigenvalue weighted by Crippen LogP contribution is -2.00. The van der Waals surface area contributed by atoms with Gasteiger partial charge in [0.1, 0.15) is 5.75 Å². The Morgan fingerprint density at radius 1 is 1.05 bits per heavy atom. The highest BCUT2D eigenvalue weighted by atomic mass is 79.9. The van der Waals surface area contributed by atoms with Gasteiger partial charge in [-0.1, -0.05) is 18.2 Å². The molecule has 0 heterocycles. The number of rotatable bonds is 5. The number of ether oxygens (including phenoxy) is 1. The van der Waals surface area contributed by atoms with Gasteiger partial charge in [-0.25, -0.2) is 0 Å². The summed E-state index contributed by atoms with van der Waals surface area (Å²) in [5, 5.41) is 3.38. The quantitative estimate of drug-likeness (QED) is 0.674. The van der Waals surface area contributed by atoms with Gasteiger partial charge in [0.25, 0.3) is 0 Å². The average molecular weight is 422 g/mol. The van der Waals surface area contributed by atoms with Gasteiger partial charge in [-0.15, -0.1) is 12.4 Å². The van der Waals surface area contributed by atoms with Crippen molar-refractivity contribution in [3.05, 3.63) is 57.0 Å². The van der Waals surface area contributed by atoms with Gasteiger partial charge in [-0.05, 0) is 68.6 Å². The zero-order valence-corrected chi connectivity index (χ0v) is 15.0. The van der Waals surface area contributed by atoms with Crippen LogP contribution in [0.3, 0.4) is 0 Å². The molecule has 0 aliphatic heterocycles. The molecule has 2 aromatic rings. The second-order valence-electron chi connectivity index (χ2n) is 4.04. The largest absolute Gasteiger partial charge is 0.492 e. The molecule has 2 rings (SSSR count). The minimum Gasteiger partial charge on any atom is -0.492 e. The van der Waals surface area contributed by atoms with Crippen LogP contribution in [0.5, 0.6) is 5.75 Å². The first-order valence-electron chi connectivity index (χ1n) is 6.10. The lowest BCUT2D eigenvalue weighted by molar-refractivity contribution is 0.336. The first-order chi connectivity index (χ1) is 9.20. The SMILES string of the molecule is CCOc1c(Br)cc(CNc2ccccc2)cc1Br.Cl. The molecule has 2 aromatic carbocycles. The van der Waals surface area contributed by atoms with Crippen molar-refractivity contribution in [3.63, 3.8) is 0 Å². The van der Waals surface area contributed by atoms with Gasteiger partial charge in [0, 0.05) is 12.2 Å². The maximum Gasteiger partial charge on any atom is 0.147 e. The summed E-state index contributed by atoms with van der Waals surface area (Å²) in [4.78, 5) is 0. The number of anilines is 1. The van der Waals surface area contributed by atoms with Crippen LogP contribution in [0.15, 0.2) is 51.4 Å². The van der Waals surface area contributed by atoms with Crippen LogP contribution in [0.1, 0.15) is 12.5 Å². The number of nitrogens with one attached hydrogen (secondary N) is 1. The van der Waals surface area contributed by atoms with Gasteiger partial charge in [0.05, 0.1) is 15.6 Å². The van der Waals surface area contributed by atoms with E-state index in [4.69, 9.17) is 4.74 Å². The zero-order valence-electron chi connectivity index (χ0n) is 11.0. The Bertz CT molecular complexity index is 526. The van der Waals surface area contributed by atoms with Gasteiger partial charge in [-0.3, -0.25) is 0 Å². The fraction of sp³-hybridized carbons (Fsp3) is 0.200. The van der Waals surface area contributed by atoms with E-state index in [2.05, 4.69) is 61.4 Å². The summed E-state index contributed by atoms with van der Waals surface area (Å²) in [7, 11) is 0. The first-order valence-corrected chi connectivity index (χ1v) is 7.69. The summed E-state index contributed by atoms with van der Waals surface area (Å²) >= 11 is 7.08. The van der Waals surface area contributed by atoms with Crippen molar-refractivity contribution in [2.75, 3.05) is 11.9 Å². The van der Waals surface area contributed by atoms with Crippen LogP contribution in [0, 0.1) is 0 Å². The van der Waals surface area contributed by atoms with Crippen LogP contribution in [0.4, 0.5) is 5.69 Å². The van der Waals surface area contributed by atoms with E-state index >= 15 is 0 Å². The Labute approximate surface area is 142 Å². The lowest BCUT2D eigenvalue weighted by atomic mass is 10.2. The molecule has 20 heavy (non-hydrogen) atoms. The Kier molecular flexibility index (Phi) is 7.41. The van der Waals surface area contributed by atoms with Crippen molar-refractivity contribution < 1.29 is 4.74 Å². The molecule has 0 aromatic heterocycles. The molecule has 0 atom stereocenters. The van der Waals surface area contributed by atoms with Crippen molar-refractivity contribution >= 4 is 50.0 Å². The summed E-state index contributed by atoms with van der Waals surface area (Å²) in [5.41, 5.74) is 2.30. The summed E-state index contributed by atoms with van der Waals surface area (Å²) in [6, 6.07) is 14.3. The van der Waals surface area contributed by atoms with E-state index in [-0.39, 0.29) is 12.4 Å². The topological polar surface area (TPSA) is 21.3 Å². The van der Waals surface area contributed by atoms with Crippen molar-refractivity contribution in [1.82, 2.24) is 0 Å². The smallest absolute Gasteiger partial charge is 0.147 e. The normalized spacial score (nSPS) is 9.75.